The molecule has 138 valence electrons. The number of hydrogen-bond acceptors (Lipinski definition) is 3. The molecule has 3 rings (SSSR count). The maximum atomic E-state index is 12.5. The second-order valence-corrected chi connectivity index (χ2v) is 6.45. The Morgan fingerprint density at radius 3 is 2.65 bits per heavy atom. The summed E-state index contributed by atoms with van der Waals surface area (Å²) in [6.45, 7) is 1.53. The van der Waals surface area contributed by atoms with Crippen LogP contribution in [0.1, 0.15) is 23.2 Å². The number of rotatable bonds is 4. The van der Waals surface area contributed by atoms with Crippen LogP contribution in [0.3, 0.4) is 0 Å². The lowest BCUT2D eigenvalue weighted by atomic mass is 10.1. The average Bonchev–Trinajstić information content (AvgIpc) is 2.61. The zero-order chi connectivity index (χ0) is 18.6. The van der Waals surface area contributed by atoms with Crippen molar-refractivity contribution in [2.75, 3.05) is 23.7 Å². The lowest BCUT2D eigenvalue weighted by Gasteiger charge is -2.17. The second-order valence-electron chi connectivity index (χ2n) is 6.05. The topological polar surface area (TPSA) is 49.0 Å². The maximum absolute atomic E-state index is 12.5. The molecule has 0 spiro atoms. The Bertz CT molecular complexity index is 775. The molecule has 8 heteroatoms. The van der Waals surface area contributed by atoms with Gasteiger partial charge in [-0.15, -0.1) is 0 Å². The molecule has 0 aliphatic carbocycles. The van der Waals surface area contributed by atoms with E-state index >= 15 is 0 Å². The van der Waals surface area contributed by atoms with Gasteiger partial charge < -0.3 is 16.0 Å². The van der Waals surface area contributed by atoms with Gasteiger partial charge in [-0.2, -0.15) is 13.2 Å². The molecule has 0 saturated carbocycles. The van der Waals surface area contributed by atoms with Crippen LogP contribution >= 0.6 is 12.2 Å². The minimum Gasteiger partial charge on any atom is -0.370 e. The molecule has 0 unspecified atom stereocenters. The van der Waals surface area contributed by atoms with Crippen molar-refractivity contribution in [1.29, 1.82) is 0 Å². The average molecular weight is 380 g/mol. The van der Waals surface area contributed by atoms with Gasteiger partial charge in [0.25, 0.3) is 0 Å². The fourth-order valence-corrected chi connectivity index (χ4v) is 2.95. The number of nitrogens with zero attached hydrogens (tertiary/aromatic N) is 1. The molecule has 2 aromatic rings. The van der Waals surface area contributed by atoms with E-state index in [2.05, 4.69) is 27.0 Å². The highest BCUT2D eigenvalue weighted by molar-refractivity contribution is 7.80. The Kier molecular flexibility index (Phi) is 5.61. The van der Waals surface area contributed by atoms with Gasteiger partial charge >= 0.3 is 6.18 Å². The SMILES string of the molecule is FC(F)(F)c1ccc(NC(=S)NCCc2ccc3c(n2)NCCC3)cc1. The molecule has 0 amide bonds. The summed E-state index contributed by atoms with van der Waals surface area (Å²) in [5, 5.41) is 9.58. The summed E-state index contributed by atoms with van der Waals surface area (Å²) in [5.41, 5.74) is 2.02. The first kappa shape index (κ1) is 18.4. The smallest absolute Gasteiger partial charge is 0.370 e. The number of anilines is 2. The summed E-state index contributed by atoms with van der Waals surface area (Å²) < 4.78 is 37.6. The van der Waals surface area contributed by atoms with Gasteiger partial charge in [0.15, 0.2) is 5.11 Å². The molecule has 26 heavy (non-hydrogen) atoms. The fourth-order valence-electron chi connectivity index (χ4n) is 2.73. The third kappa shape index (κ3) is 4.85. The van der Waals surface area contributed by atoms with Crippen LogP contribution < -0.4 is 16.0 Å². The quantitative estimate of drug-likeness (QED) is 0.701. The van der Waals surface area contributed by atoms with Crippen LogP contribution in [0.2, 0.25) is 0 Å². The third-order valence-electron chi connectivity index (χ3n) is 4.09. The summed E-state index contributed by atoms with van der Waals surface area (Å²) in [5.74, 6) is 0.958. The number of pyridine rings is 1. The fraction of sp³-hybridized carbons (Fsp3) is 0.333. The summed E-state index contributed by atoms with van der Waals surface area (Å²) in [7, 11) is 0. The van der Waals surface area contributed by atoms with Crippen molar-refractivity contribution in [2.24, 2.45) is 0 Å². The number of halogens is 3. The molecule has 1 aromatic carbocycles. The summed E-state index contributed by atoms with van der Waals surface area (Å²) >= 11 is 5.18. The van der Waals surface area contributed by atoms with E-state index in [9.17, 15) is 13.2 Å². The van der Waals surface area contributed by atoms with Gasteiger partial charge in [-0.3, -0.25) is 0 Å². The highest BCUT2D eigenvalue weighted by Gasteiger charge is 2.29. The normalized spacial score (nSPS) is 13.5. The number of benzene rings is 1. The Morgan fingerprint density at radius 1 is 1.15 bits per heavy atom. The van der Waals surface area contributed by atoms with Crippen LogP contribution in [0.15, 0.2) is 36.4 Å². The maximum Gasteiger partial charge on any atom is 0.416 e. The zero-order valence-electron chi connectivity index (χ0n) is 14.0. The standard InChI is InChI=1S/C18H19F3N4S/c19-18(20,21)13-4-7-14(8-5-13)25-17(26)23-11-9-15-6-3-12-2-1-10-22-16(12)24-15/h3-8H,1-2,9-11H2,(H,22,24)(H2,23,25,26). The number of aromatic nitrogens is 1. The summed E-state index contributed by atoms with van der Waals surface area (Å²) in [6.07, 6.45) is -1.47. The highest BCUT2D eigenvalue weighted by Crippen LogP contribution is 2.29. The van der Waals surface area contributed by atoms with E-state index < -0.39 is 11.7 Å². The van der Waals surface area contributed by atoms with Crippen molar-refractivity contribution >= 4 is 28.8 Å². The first-order chi connectivity index (χ1) is 12.4. The molecular formula is C18H19F3N4S. The van der Waals surface area contributed by atoms with E-state index in [-0.39, 0.29) is 0 Å². The molecule has 0 fully saturated rings. The third-order valence-corrected chi connectivity index (χ3v) is 4.34. The monoisotopic (exact) mass is 380 g/mol. The van der Waals surface area contributed by atoms with Crippen molar-refractivity contribution in [2.45, 2.75) is 25.4 Å². The first-order valence-corrected chi connectivity index (χ1v) is 8.77. The van der Waals surface area contributed by atoms with Gasteiger partial charge in [-0.1, -0.05) is 6.07 Å². The molecule has 4 nitrogen and oxygen atoms in total. The van der Waals surface area contributed by atoms with Crippen LogP contribution in [0, 0.1) is 0 Å². The Morgan fingerprint density at radius 2 is 1.92 bits per heavy atom. The van der Waals surface area contributed by atoms with Crippen molar-refractivity contribution < 1.29 is 13.2 Å². The van der Waals surface area contributed by atoms with Crippen LogP contribution in [0.25, 0.3) is 0 Å². The van der Waals surface area contributed by atoms with E-state index in [0.29, 0.717) is 23.8 Å². The molecule has 2 heterocycles. The summed E-state index contributed by atoms with van der Waals surface area (Å²) in [4.78, 5) is 4.61. The minimum absolute atomic E-state index is 0.362. The van der Waals surface area contributed by atoms with Crippen LogP contribution in [0.5, 0.6) is 0 Å². The molecule has 3 N–H and O–H groups in total. The van der Waals surface area contributed by atoms with Gasteiger partial charge in [-0.25, -0.2) is 4.98 Å². The van der Waals surface area contributed by atoms with Gasteiger partial charge in [-0.05, 0) is 61.0 Å². The zero-order valence-corrected chi connectivity index (χ0v) is 14.8. The summed E-state index contributed by atoms with van der Waals surface area (Å²) in [6, 6.07) is 8.87. The predicted molar refractivity (Wildman–Crippen MR) is 100 cm³/mol. The lowest BCUT2D eigenvalue weighted by Crippen LogP contribution is -2.30. The van der Waals surface area contributed by atoms with E-state index in [1.807, 2.05) is 6.07 Å². The van der Waals surface area contributed by atoms with Crippen LogP contribution in [0.4, 0.5) is 24.7 Å². The number of fused-ring (bicyclic) bond motifs is 1. The molecule has 1 aromatic heterocycles. The number of aryl methyl sites for hydroxylation is 1. The largest absolute Gasteiger partial charge is 0.416 e. The molecule has 0 atom stereocenters. The van der Waals surface area contributed by atoms with Crippen LogP contribution in [-0.4, -0.2) is 23.2 Å². The minimum atomic E-state index is -4.34. The van der Waals surface area contributed by atoms with Crippen molar-refractivity contribution in [1.82, 2.24) is 10.3 Å². The number of hydrogen-bond donors (Lipinski definition) is 3. The molecule has 1 aliphatic heterocycles. The van der Waals surface area contributed by atoms with Crippen molar-refractivity contribution in [3.63, 3.8) is 0 Å². The Labute approximate surface area is 155 Å². The highest BCUT2D eigenvalue weighted by atomic mass is 32.1. The number of thiocarbonyl (C=S) groups is 1. The Hall–Kier alpha value is -2.35. The van der Waals surface area contributed by atoms with Gasteiger partial charge in [0.05, 0.1) is 5.56 Å². The molecule has 0 radical (unpaired) electrons. The van der Waals surface area contributed by atoms with E-state index in [1.165, 1.54) is 17.7 Å². The van der Waals surface area contributed by atoms with Crippen molar-refractivity contribution in [3.05, 3.63) is 53.2 Å². The molecular weight excluding hydrogens is 361 g/mol. The van der Waals surface area contributed by atoms with Gasteiger partial charge in [0.2, 0.25) is 0 Å². The number of nitrogens with one attached hydrogen (secondary N) is 3. The van der Waals surface area contributed by atoms with Crippen molar-refractivity contribution in [3.8, 4) is 0 Å². The van der Waals surface area contributed by atoms with Crippen LogP contribution in [-0.2, 0) is 19.0 Å². The molecule has 1 aliphatic rings. The Balaban J connectivity index is 1.47. The number of alkyl halides is 3. The van der Waals surface area contributed by atoms with E-state index in [1.54, 1.807) is 0 Å². The molecule has 0 bridgehead atoms. The van der Waals surface area contributed by atoms with E-state index in [0.717, 1.165) is 43.0 Å². The first-order valence-electron chi connectivity index (χ1n) is 8.36. The predicted octanol–water partition coefficient (Wildman–Crippen LogP) is 3.99. The van der Waals surface area contributed by atoms with E-state index in [4.69, 9.17) is 12.2 Å². The van der Waals surface area contributed by atoms with Gasteiger partial charge in [0.1, 0.15) is 5.82 Å². The second kappa shape index (κ2) is 7.90. The lowest BCUT2D eigenvalue weighted by molar-refractivity contribution is -0.137. The van der Waals surface area contributed by atoms with Gasteiger partial charge in [0, 0.05) is 30.9 Å². The molecule has 0 saturated heterocycles.